The molecule has 2 aromatic carbocycles. The Bertz CT molecular complexity index is 948. The van der Waals surface area contributed by atoms with E-state index in [1.54, 1.807) is 25.1 Å². The number of ether oxygens (including phenoxy) is 2. The summed E-state index contributed by atoms with van der Waals surface area (Å²) >= 11 is 0. The van der Waals surface area contributed by atoms with Crippen molar-refractivity contribution in [1.29, 1.82) is 0 Å². The SMILES string of the molecule is COc1ccccc1C1=C(N(C)c2ccccc2)C(=O)N(CC2CCCO2)C1=O. The quantitative estimate of drug-likeness (QED) is 0.707. The van der Waals surface area contributed by atoms with Crippen molar-refractivity contribution in [2.24, 2.45) is 0 Å². The van der Waals surface area contributed by atoms with Crippen LogP contribution in [-0.4, -0.2) is 50.1 Å². The average Bonchev–Trinajstić information content (AvgIpc) is 3.36. The summed E-state index contributed by atoms with van der Waals surface area (Å²) in [6.07, 6.45) is 1.69. The van der Waals surface area contributed by atoms with Gasteiger partial charge in [0.25, 0.3) is 11.8 Å². The second kappa shape index (κ2) is 8.09. The molecule has 6 heteroatoms. The van der Waals surface area contributed by atoms with Gasteiger partial charge in [0.1, 0.15) is 11.4 Å². The van der Waals surface area contributed by atoms with Gasteiger partial charge in [-0.25, -0.2) is 0 Å². The number of hydrogen-bond donors (Lipinski definition) is 0. The Kier molecular flexibility index (Phi) is 5.36. The summed E-state index contributed by atoms with van der Waals surface area (Å²) in [5, 5.41) is 0. The molecule has 2 aromatic rings. The molecule has 1 atom stereocenters. The molecule has 2 amide bonds. The van der Waals surface area contributed by atoms with Gasteiger partial charge in [0.15, 0.2) is 0 Å². The van der Waals surface area contributed by atoms with Crippen molar-refractivity contribution in [2.75, 3.05) is 32.2 Å². The van der Waals surface area contributed by atoms with Gasteiger partial charge < -0.3 is 14.4 Å². The Labute approximate surface area is 170 Å². The van der Waals surface area contributed by atoms with E-state index in [2.05, 4.69) is 0 Å². The van der Waals surface area contributed by atoms with Crippen molar-refractivity contribution in [2.45, 2.75) is 18.9 Å². The first kappa shape index (κ1) is 19.2. The third kappa shape index (κ3) is 3.51. The van der Waals surface area contributed by atoms with Crippen LogP contribution in [0.4, 0.5) is 5.69 Å². The molecule has 2 aliphatic heterocycles. The standard InChI is InChI=1S/C23H24N2O4/c1-24(16-9-4-3-5-10-16)21-20(18-12-6-7-13-19(18)28-2)22(26)25(23(21)27)15-17-11-8-14-29-17/h3-7,9-10,12-13,17H,8,11,14-15H2,1-2H3. The molecule has 0 radical (unpaired) electrons. The maximum Gasteiger partial charge on any atom is 0.278 e. The van der Waals surface area contributed by atoms with Gasteiger partial charge in [0.2, 0.25) is 0 Å². The predicted octanol–water partition coefficient (Wildman–Crippen LogP) is 3.09. The van der Waals surface area contributed by atoms with Gasteiger partial charge >= 0.3 is 0 Å². The lowest BCUT2D eigenvalue weighted by Crippen LogP contribution is -2.39. The number of carbonyl (C=O) groups is 2. The first-order chi connectivity index (χ1) is 14.1. The Morgan fingerprint density at radius 1 is 1.07 bits per heavy atom. The first-order valence-electron chi connectivity index (χ1n) is 9.76. The molecule has 29 heavy (non-hydrogen) atoms. The number of anilines is 1. The van der Waals surface area contributed by atoms with Crippen LogP contribution in [0.5, 0.6) is 5.75 Å². The summed E-state index contributed by atoms with van der Waals surface area (Å²) in [4.78, 5) is 29.9. The molecule has 0 aliphatic carbocycles. The number of amides is 2. The van der Waals surface area contributed by atoms with Crippen LogP contribution in [0.1, 0.15) is 18.4 Å². The number of likely N-dealkylation sites (N-methyl/N-ethyl adjacent to an activating group) is 1. The Balaban J connectivity index is 1.80. The number of rotatable bonds is 6. The van der Waals surface area contributed by atoms with Crippen molar-refractivity contribution in [1.82, 2.24) is 4.90 Å². The van der Waals surface area contributed by atoms with Crippen LogP contribution in [0, 0.1) is 0 Å². The van der Waals surface area contributed by atoms with Gasteiger partial charge in [0, 0.05) is 24.9 Å². The summed E-state index contributed by atoms with van der Waals surface area (Å²) in [6.45, 7) is 0.937. The molecule has 1 unspecified atom stereocenters. The fraction of sp³-hybridized carbons (Fsp3) is 0.304. The zero-order valence-electron chi connectivity index (χ0n) is 16.6. The lowest BCUT2D eigenvalue weighted by atomic mass is 10.0. The van der Waals surface area contributed by atoms with Gasteiger partial charge in [-0.1, -0.05) is 36.4 Å². The van der Waals surface area contributed by atoms with Gasteiger partial charge in [-0.15, -0.1) is 0 Å². The van der Waals surface area contributed by atoms with E-state index in [-0.39, 0.29) is 24.5 Å². The highest BCUT2D eigenvalue weighted by atomic mass is 16.5. The normalized spacial score (nSPS) is 19.2. The molecule has 0 bridgehead atoms. The van der Waals surface area contributed by atoms with Crippen LogP contribution in [0.15, 0.2) is 60.3 Å². The van der Waals surface area contributed by atoms with E-state index in [1.807, 2.05) is 48.5 Å². The fourth-order valence-corrected chi connectivity index (χ4v) is 3.91. The van der Waals surface area contributed by atoms with E-state index in [9.17, 15) is 9.59 Å². The third-order valence-corrected chi connectivity index (χ3v) is 5.41. The molecule has 2 aliphatic rings. The zero-order chi connectivity index (χ0) is 20.4. The highest BCUT2D eigenvalue weighted by Crippen LogP contribution is 2.37. The smallest absolute Gasteiger partial charge is 0.278 e. The second-order valence-corrected chi connectivity index (χ2v) is 7.17. The molecule has 6 nitrogen and oxygen atoms in total. The highest BCUT2D eigenvalue weighted by molar-refractivity contribution is 6.37. The minimum Gasteiger partial charge on any atom is -0.496 e. The van der Waals surface area contributed by atoms with E-state index in [1.165, 1.54) is 4.90 Å². The summed E-state index contributed by atoms with van der Waals surface area (Å²) < 4.78 is 11.2. The van der Waals surface area contributed by atoms with E-state index >= 15 is 0 Å². The van der Waals surface area contributed by atoms with Crippen molar-refractivity contribution in [3.8, 4) is 5.75 Å². The predicted molar refractivity (Wildman–Crippen MR) is 110 cm³/mol. The Hall–Kier alpha value is -3.12. The van der Waals surface area contributed by atoms with Crippen molar-refractivity contribution in [3.05, 3.63) is 65.9 Å². The minimum absolute atomic E-state index is 0.108. The second-order valence-electron chi connectivity index (χ2n) is 7.17. The molecule has 150 valence electrons. The highest BCUT2D eigenvalue weighted by Gasteiger charge is 2.43. The Morgan fingerprint density at radius 3 is 2.48 bits per heavy atom. The van der Waals surface area contributed by atoms with Crippen LogP contribution >= 0.6 is 0 Å². The molecule has 0 saturated carbocycles. The van der Waals surface area contributed by atoms with E-state index < -0.39 is 0 Å². The van der Waals surface area contributed by atoms with E-state index in [0.717, 1.165) is 18.5 Å². The number of hydrogen-bond acceptors (Lipinski definition) is 5. The molecule has 0 aromatic heterocycles. The third-order valence-electron chi connectivity index (χ3n) is 5.41. The number of methoxy groups -OCH3 is 1. The van der Waals surface area contributed by atoms with Crippen molar-refractivity contribution < 1.29 is 19.1 Å². The van der Waals surface area contributed by atoms with Crippen molar-refractivity contribution in [3.63, 3.8) is 0 Å². The van der Waals surface area contributed by atoms with Gasteiger partial charge in [-0.3, -0.25) is 14.5 Å². The van der Waals surface area contributed by atoms with Crippen LogP contribution in [0.2, 0.25) is 0 Å². The fourth-order valence-electron chi connectivity index (χ4n) is 3.91. The maximum atomic E-state index is 13.4. The summed E-state index contributed by atoms with van der Waals surface area (Å²) in [5.74, 6) is -0.0629. The Morgan fingerprint density at radius 2 is 1.79 bits per heavy atom. The summed E-state index contributed by atoms with van der Waals surface area (Å²) in [7, 11) is 3.37. The largest absolute Gasteiger partial charge is 0.496 e. The van der Waals surface area contributed by atoms with E-state index in [0.29, 0.717) is 29.2 Å². The first-order valence-corrected chi connectivity index (χ1v) is 9.76. The van der Waals surface area contributed by atoms with Crippen molar-refractivity contribution >= 4 is 23.1 Å². The molecule has 1 saturated heterocycles. The molecule has 1 fully saturated rings. The molecule has 4 rings (SSSR count). The number of nitrogens with zero attached hydrogens (tertiary/aromatic N) is 2. The lowest BCUT2D eigenvalue weighted by Gasteiger charge is -2.22. The van der Waals surface area contributed by atoms with Crippen LogP contribution < -0.4 is 9.64 Å². The lowest BCUT2D eigenvalue weighted by molar-refractivity contribution is -0.138. The van der Waals surface area contributed by atoms with E-state index in [4.69, 9.17) is 9.47 Å². The van der Waals surface area contributed by atoms with Gasteiger partial charge in [-0.05, 0) is 31.0 Å². The summed E-state index contributed by atoms with van der Waals surface area (Å²) in [5.41, 5.74) is 2.15. The van der Waals surface area contributed by atoms with Gasteiger partial charge in [0.05, 0.1) is 25.3 Å². The number of imide groups is 1. The molecule has 0 spiro atoms. The molecule has 2 heterocycles. The van der Waals surface area contributed by atoms with Crippen LogP contribution in [0.25, 0.3) is 5.57 Å². The topological polar surface area (TPSA) is 59.1 Å². The zero-order valence-corrected chi connectivity index (χ0v) is 16.6. The summed E-state index contributed by atoms with van der Waals surface area (Å²) in [6, 6.07) is 16.8. The minimum atomic E-state index is -0.312. The average molecular weight is 392 g/mol. The molecular weight excluding hydrogens is 368 g/mol. The number of carbonyl (C=O) groups excluding carboxylic acids is 2. The van der Waals surface area contributed by atoms with Crippen LogP contribution in [-0.2, 0) is 14.3 Å². The number of para-hydroxylation sites is 2. The number of benzene rings is 2. The molecule has 0 N–H and O–H groups in total. The van der Waals surface area contributed by atoms with Gasteiger partial charge in [-0.2, -0.15) is 0 Å². The molecular formula is C23H24N2O4. The van der Waals surface area contributed by atoms with Crippen LogP contribution in [0.3, 0.4) is 0 Å². The monoisotopic (exact) mass is 392 g/mol. The maximum absolute atomic E-state index is 13.4.